The third kappa shape index (κ3) is 4.17. The van der Waals surface area contributed by atoms with Crippen LogP contribution in [0.2, 0.25) is 0 Å². The van der Waals surface area contributed by atoms with Crippen LogP contribution in [0.3, 0.4) is 0 Å². The van der Waals surface area contributed by atoms with Gasteiger partial charge in [-0.1, -0.05) is 6.92 Å². The van der Waals surface area contributed by atoms with E-state index in [1.54, 1.807) is 0 Å². The average Bonchev–Trinajstić information content (AvgIpc) is 2.75. The van der Waals surface area contributed by atoms with E-state index in [9.17, 15) is 0 Å². The van der Waals surface area contributed by atoms with Crippen molar-refractivity contribution in [1.29, 1.82) is 0 Å². The summed E-state index contributed by atoms with van der Waals surface area (Å²) >= 11 is 0. The topological polar surface area (TPSA) is 18.5 Å². The lowest BCUT2D eigenvalue weighted by molar-refractivity contribution is 0.182. The smallest absolute Gasteiger partial charge is 0.0277 e. The van der Waals surface area contributed by atoms with Crippen molar-refractivity contribution in [1.82, 2.24) is 15.1 Å². The Hall–Kier alpha value is -0.120. The zero-order valence-electron chi connectivity index (χ0n) is 13.4. The first-order valence-electron chi connectivity index (χ1n) is 8.24. The Morgan fingerprint density at radius 1 is 1.32 bits per heavy atom. The van der Waals surface area contributed by atoms with Gasteiger partial charge >= 0.3 is 0 Å². The van der Waals surface area contributed by atoms with Crippen LogP contribution < -0.4 is 5.32 Å². The lowest BCUT2D eigenvalue weighted by Gasteiger charge is -2.34. The number of hydrogen-bond donors (Lipinski definition) is 1. The number of nitrogens with one attached hydrogen (secondary N) is 1. The number of rotatable bonds is 4. The molecular weight excluding hydrogens is 234 g/mol. The van der Waals surface area contributed by atoms with Gasteiger partial charge in [0.2, 0.25) is 0 Å². The molecule has 0 amide bonds. The highest BCUT2D eigenvalue weighted by Crippen LogP contribution is 2.22. The molecule has 0 aromatic carbocycles. The van der Waals surface area contributed by atoms with Crippen molar-refractivity contribution >= 4 is 0 Å². The van der Waals surface area contributed by atoms with Gasteiger partial charge in [0, 0.05) is 31.2 Å². The Balaban J connectivity index is 1.85. The molecule has 0 aromatic rings. The quantitative estimate of drug-likeness (QED) is 0.842. The van der Waals surface area contributed by atoms with E-state index in [2.05, 4.69) is 42.8 Å². The van der Waals surface area contributed by atoms with E-state index in [1.165, 1.54) is 58.5 Å². The van der Waals surface area contributed by atoms with Gasteiger partial charge in [-0.25, -0.2) is 0 Å². The van der Waals surface area contributed by atoms with E-state index < -0.39 is 0 Å². The van der Waals surface area contributed by atoms with Gasteiger partial charge in [-0.2, -0.15) is 0 Å². The van der Waals surface area contributed by atoms with Gasteiger partial charge in [0.05, 0.1) is 0 Å². The Morgan fingerprint density at radius 2 is 2.11 bits per heavy atom. The monoisotopic (exact) mass is 267 g/mol. The Labute approximate surface area is 119 Å². The van der Waals surface area contributed by atoms with Crippen LogP contribution in [-0.2, 0) is 0 Å². The summed E-state index contributed by atoms with van der Waals surface area (Å²) in [6.07, 6.45) is 3.92. The largest absolute Gasteiger partial charge is 0.310 e. The third-order valence-electron chi connectivity index (χ3n) is 5.12. The molecule has 2 heterocycles. The maximum Gasteiger partial charge on any atom is 0.0277 e. The minimum atomic E-state index is 0.326. The molecule has 0 aromatic heterocycles. The lowest BCUT2D eigenvalue weighted by Crippen LogP contribution is -2.49. The maximum absolute atomic E-state index is 3.74. The molecule has 2 unspecified atom stereocenters. The minimum absolute atomic E-state index is 0.326. The highest BCUT2D eigenvalue weighted by molar-refractivity contribution is 4.89. The molecule has 2 atom stereocenters. The van der Waals surface area contributed by atoms with Gasteiger partial charge in [0.25, 0.3) is 0 Å². The maximum atomic E-state index is 3.74. The molecule has 2 aliphatic rings. The van der Waals surface area contributed by atoms with Crippen LogP contribution >= 0.6 is 0 Å². The summed E-state index contributed by atoms with van der Waals surface area (Å²) in [7, 11) is 0. The predicted molar refractivity (Wildman–Crippen MR) is 82.6 cm³/mol. The molecule has 2 rings (SSSR count). The Bertz CT molecular complexity index is 279. The van der Waals surface area contributed by atoms with Crippen molar-refractivity contribution < 1.29 is 0 Å². The molecule has 0 bridgehead atoms. The number of hydrogen-bond acceptors (Lipinski definition) is 3. The zero-order chi connectivity index (χ0) is 13.9. The summed E-state index contributed by atoms with van der Waals surface area (Å²) in [6.45, 7) is 17.0. The minimum Gasteiger partial charge on any atom is -0.310 e. The Morgan fingerprint density at radius 3 is 2.74 bits per heavy atom. The van der Waals surface area contributed by atoms with Crippen molar-refractivity contribution in [2.24, 2.45) is 5.92 Å². The molecule has 2 fully saturated rings. The van der Waals surface area contributed by atoms with Crippen molar-refractivity contribution in [3.8, 4) is 0 Å². The van der Waals surface area contributed by atoms with Gasteiger partial charge in [-0.3, -0.25) is 0 Å². The van der Waals surface area contributed by atoms with E-state index >= 15 is 0 Å². The number of likely N-dealkylation sites (tertiary alicyclic amines) is 1. The first kappa shape index (κ1) is 15.3. The highest BCUT2D eigenvalue weighted by Gasteiger charge is 2.30. The van der Waals surface area contributed by atoms with E-state index in [0.717, 1.165) is 12.0 Å². The first-order valence-corrected chi connectivity index (χ1v) is 8.24. The molecule has 112 valence electrons. The SMILES string of the molecule is CCC1(C)CN(CC2CCN(C(C)C)C2)CCCN1. The molecule has 0 radical (unpaired) electrons. The van der Waals surface area contributed by atoms with Gasteiger partial charge in [0.1, 0.15) is 0 Å². The van der Waals surface area contributed by atoms with E-state index in [0.29, 0.717) is 5.54 Å². The number of nitrogens with zero attached hydrogens (tertiary/aromatic N) is 2. The van der Waals surface area contributed by atoms with Gasteiger partial charge in [-0.15, -0.1) is 0 Å². The third-order valence-corrected chi connectivity index (χ3v) is 5.12. The molecule has 1 N–H and O–H groups in total. The van der Waals surface area contributed by atoms with Gasteiger partial charge < -0.3 is 15.1 Å². The molecule has 3 heteroatoms. The van der Waals surface area contributed by atoms with Crippen LogP contribution in [0.4, 0.5) is 0 Å². The molecule has 0 spiro atoms. The fourth-order valence-corrected chi connectivity index (χ4v) is 3.56. The first-order chi connectivity index (χ1) is 9.02. The summed E-state index contributed by atoms with van der Waals surface area (Å²) in [5.74, 6) is 0.890. The predicted octanol–water partition coefficient (Wildman–Crippen LogP) is 2.18. The molecule has 0 saturated carbocycles. The molecule has 0 aliphatic carbocycles. The lowest BCUT2D eigenvalue weighted by atomic mass is 9.98. The summed E-state index contributed by atoms with van der Waals surface area (Å²) < 4.78 is 0. The fraction of sp³-hybridized carbons (Fsp3) is 1.00. The van der Waals surface area contributed by atoms with E-state index in [4.69, 9.17) is 0 Å². The molecule has 2 saturated heterocycles. The molecule has 3 nitrogen and oxygen atoms in total. The fourth-order valence-electron chi connectivity index (χ4n) is 3.56. The zero-order valence-corrected chi connectivity index (χ0v) is 13.4. The molecule has 19 heavy (non-hydrogen) atoms. The van der Waals surface area contributed by atoms with Crippen LogP contribution in [0.25, 0.3) is 0 Å². The van der Waals surface area contributed by atoms with Gasteiger partial charge in [0.15, 0.2) is 0 Å². The van der Waals surface area contributed by atoms with Crippen molar-refractivity contribution in [2.75, 3.05) is 39.3 Å². The van der Waals surface area contributed by atoms with Crippen LogP contribution in [0.1, 0.15) is 47.0 Å². The second-order valence-corrected chi connectivity index (χ2v) is 7.17. The second kappa shape index (κ2) is 6.55. The van der Waals surface area contributed by atoms with Gasteiger partial charge in [-0.05, 0) is 65.6 Å². The summed E-state index contributed by atoms with van der Waals surface area (Å²) in [4.78, 5) is 5.36. The van der Waals surface area contributed by atoms with Crippen LogP contribution in [0.15, 0.2) is 0 Å². The van der Waals surface area contributed by atoms with E-state index in [-0.39, 0.29) is 0 Å². The highest BCUT2D eigenvalue weighted by atomic mass is 15.2. The van der Waals surface area contributed by atoms with Crippen LogP contribution in [-0.4, -0.2) is 60.6 Å². The standard InChI is InChI=1S/C16H33N3/c1-5-16(4)13-18(9-6-8-17-16)11-15-7-10-19(12-15)14(2)3/h14-15,17H,5-13H2,1-4H3. The summed E-state index contributed by atoms with van der Waals surface area (Å²) in [6, 6.07) is 0.719. The second-order valence-electron chi connectivity index (χ2n) is 7.17. The Kier molecular flexibility index (Phi) is 5.27. The molecular formula is C16H33N3. The summed E-state index contributed by atoms with van der Waals surface area (Å²) in [5.41, 5.74) is 0.326. The summed E-state index contributed by atoms with van der Waals surface area (Å²) in [5, 5.41) is 3.74. The van der Waals surface area contributed by atoms with Crippen molar-refractivity contribution in [3.63, 3.8) is 0 Å². The normalized spacial score (nSPS) is 34.9. The van der Waals surface area contributed by atoms with E-state index in [1.807, 2.05) is 0 Å². The average molecular weight is 267 g/mol. The molecule has 2 aliphatic heterocycles. The van der Waals surface area contributed by atoms with Crippen molar-refractivity contribution in [3.05, 3.63) is 0 Å². The van der Waals surface area contributed by atoms with Crippen LogP contribution in [0.5, 0.6) is 0 Å². The van der Waals surface area contributed by atoms with Crippen LogP contribution in [0, 0.1) is 5.92 Å². The van der Waals surface area contributed by atoms with Crippen molar-refractivity contribution in [2.45, 2.75) is 58.5 Å².